The summed E-state index contributed by atoms with van der Waals surface area (Å²) in [6.45, 7) is 2.54. The smallest absolute Gasteiger partial charge is 0.328 e. The van der Waals surface area contributed by atoms with Gasteiger partial charge in [-0.15, -0.1) is 0 Å². The zero-order valence-corrected chi connectivity index (χ0v) is 10.1. The van der Waals surface area contributed by atoms with Crippen LogP contribution in [-0.4, -0.2) is 47.7 Å². The molecule has 0 radical (unpaired) electrons. The number of furan rings is 1. The zero-order valence-electron chi connectivity index (χ0n) is 10.1. The lowest BCUT2D eigenvalue weighted by atomic mass is 10.2. The number of rotatable bonds is 3. The highest BCUT2D eigenvalue weighted by molar-refractivity contribution is 5.94. The number of carbonyl (C=O) groups is 2. The molecule has 1 amide bonds. The van der Waals surface area contributed by atoms with Gasteiger partial charge in [0.05, 0.1) is 13.2 Å². The van der Waals surface area contributed by atoms with E-state index in [1.54, 1.807) is 12.1 Å². The van der Waals surface area contributed by atoms with Crippen LogP contribution in [0.5, 0.6) is 0 Å². The van der Waals surface area contributed by atoms with Crippen LogP contribution in [0.15, 0.2) is 16.5 Å². The summed E-state index contributed by atoms with van der Waals surface area (Å²) in [5, 5.41) is 9.05. The van der Waals surface area contributed by atoms with Crippen LogP contribution in [0, 0.1) is 0 Å². The monoisotopic (exact) mass is 253 g/mol. The predicted molar refractivity (Wildman–Crippen MR) is 61.4 cm³/mol. The lowest BCUT2D eigenvalue weighted by Gasteiger charge is -2.32. The minimum atomic E-state index is -1.06. The van der Waals surface area contributed by atoms with E-state index in [2.05, 4.69) is 0 Å². The van der Waals surface area contributed by atoms with E-state index in [0.717, 1.165) is 0 Å². The van der Waals surface area contributed by atoms with Crippen LogP contribution in [0.1, 0.15) is 23.2 Å². The second-order valence-electron chi connectivity index (χ2n) is 4.05. The van der Waals surface area contributed by atoms with Crippen molar-refractivity contribution in [1.82, 2.24) is 4.90 Å². The maximum Gasteiger partial charge on any atom is 0.328 e. The van der Waals surface area contributed by atoms with Gasteiger partial charge in [0, 0.05) is 13.0 Å². The Morgan fingerprint density at radius 2 is 2.28 bits per heavy atom. The zero-order chi connectivity index (χ0) is 13.1. The molecule has 1 aromatic heterocycles. The molecule has 1 aromatic rings. The Bertz CT molecular complexity index is 453. The summed E-state index contributed by atoms with van der Waals surface area (Å²) in [4.78, 5) is 24.5. The fourth-order valence-corrected chi connectivity index (χ4v) is 1.88. The van der Waals surface area contributed by atoms with Crippen LogP contribution in [0.3, 0.4) is 0 Å². The Morgan fingerprint density at radius 3 is 2.89 bits per heavy atom. The molecule has 1 fully saturated rings. The molecule has 1 unspecified atom stereocenters. The fraction of sp³-hybridized carbons (Fsp3) is 0.500. The third kappa shape index (κ3) is 2.38. The van der Waals surface area contributed by atoms with Crippen LogP contribution < -0.4 is 0 Å². The molecule has 0 aliphatic carbocycles. The number of hydrogen-bond acceptors (Lipinski definition) is 4. The van der Waals surface area contributed by atoms with E-state index >= 15 is 0 Å². The van der Waals surface area contributed by atoms with Crippen LogP contribution in [0.25, 0.3) is 0 Å². The van der Waals surface area contributed by atoms with Gasteiger partial charge < -0.3 is 19.2 Å². The number of hydrogen-bond donors (Lipinski definition) is 1. The number of carboxylic acids is 1. The van der Waals surface area contributed by atoms with Crippen LogP contribution in [-0.2, 0) is 16.0 Å². The van der Waals surface area contributed by atoms with Gasteiger partial charge >= 0.3 is 5.97 Å². The standard InChI is InChI=1S/C12H15NO5/c1-2-8-3-4-10(18-8)11(14)13-5-6-17-7-9(13)12(15)16/h3-4,9H,2,5-7H2,1H3,(H,15,16). The molecule has 18 heavy (non-hydrogen) atoms. The molecule has 1 N–H and O–H groups in total. The maximum absolute atomic E-state index is 12.2. The first-order valence-electron chi connectivity index (χ1n) is 5.83. The van der Waals surface area contributed by atoms with E-state index in [9.17, 15) is 9.59 Å². The van der Waals surface area contributed by atoms with Crippen molar-refractivity contribution in [2.75, 3.05) is 19.8 Å². The highest BCUT2D eigenvalue weighted by Crippen LogP contribution is 2.15. The summed E-state index contributed by atoms with van der Waals surface area (Å²) in [7, 11) is 0. The van der Waals surface area contributed by atoms with Crippen LogP contribution in [0.2, 0.25) is 0 Å². The average molecular weight is 253 g/mol. The van der Waals surface area contributed by atoms with E-state index in [1.165, 1.54) is 4.90 Å². The summed E-state index contributed by atoms with van der Waals surface area (Å²) in [5.74, 6) is -0.575. The first-order valence-corrected chi connectivity index (χ1v) is 5.83. The Labute approximate surface area is 104 Å². The number of carbonyl (C=O) groups excluding carboxylic acids is 1. The van der Waals surface area contributed by atoms with E-state index < -0.39 is 17.9 Å². The van der Waals surface area contributed by atoms with Crippen LogP contribution >= 0.6 is 0 Å². The molecule has 1 aliphatic rings. The van der Waals surface area contributed by atoms with E-state index in [4.69, 9.17) is 14.3 Å². The number of aliphatic carboxylic acids is 1. The topological polar surface area (TPSA) is 80.0 Å². The molecule has 1 atom stereocenters. The molecule has 1 saturated heterocycles. The van der Waals surface area contributed by atoms with Crippen molar-refractivity contribution in [2.45, 2.75) is 19.4 Å². The summed E-state index contributed by atoms with van der Waals surface area (Å²) in [6, 6.07) is 2.36. The molecule has 98 valence electrons. The predicted octanol–water partition coefficient (Wildman–Crippen LogP) is 0.768. The first kappa shape index (κ1) is 12.6. The molecule has 6 nitrogen and oxygen atoms in total. The molecule has 2 rings (SSSR count). The third-order valence-electron chi connectivity index (χ3n) is 2.90. The van der Waals surface area contributed by atoms with Crippen molar-refractivity contribution in [3.63, 3.8) is 0 Å². The van der Waals surface area contributed by atoms with Crippen molar-refractivity contribution >= 4 is 11.9 Å². The second kappa shape index (κ2) is 5.22. The van der Waals surface area contributed by atoms with Gasteiger partial charge in [0.2, 0.25) is 0 Å². The first-order chi connectivity index (χ1) is 8.63. The van der Waals surface area contributed by atoms with Gasteiger partial charge in [-0.1, -0.05) is 6.92 Å². The molecule has 6 heteroatoms. The van der Waals surface area contributed by atoms with Crippen molar-refractivity contribution in [1.29, 1.82) is 0 Å². The number of carboxylic acid groups (broad SMARTS) is 1. The van der Waals surface area contributed by atoms with Gasteiger partial charge in [0.1, 0.15) is 5.76 Å². The lowest BCUT2D eigenvalue weighted by Crippen LogP contribution is -2.52. The molecular weight excluding hydrogens is 238 g/mol. The number of amides is 1. The second-order valence-corrected chi connectivity index (χ2v) is 4.05. The maximum atomic E-state index is 12.2. The van der Waals surface area contributed by atoms with Crippen molar-refractivity contribution < 1.29 is 23.8 Å². The fourth-order valence-electron chi connectivity index (χ4n) is 1.88. The molecule has 0 spiro atoms. The minimum absolute atomic E-state index is 0.0163. The van der Waals surface area contributed by atoms with Gasteiger partial charge in [-0.3, -0.25) is 4.79 Å². The van der Waals surface area contributed by atoms with Gasteiger partial charge in [-0.05, 0) is 12.1 Å². The summed E-state index contributed by atoms with van der Waals surface area (Å²) >= 11 is 0. The Hall–Kier alpha value is -1.82. The Kier molecular flexibility index (Phi) is 3.66. The third-order valence-corrected chi connectivity index (χ3v) is 2.90. The molecular formula is C12H15NO5. The minimum Gasteiger partial charge on any atom is -0.480 e. The Morgan fingerprint density at radius 1 is 1.50 bits per heavy atom. The van der Waals surface area contributed by atoms with Gasteiger partial charge in [-0.2, -0.15) is 0 Å². The highest BCUT2D eigenvalue weighted by atomic mass is 16.5. The van der Waals surface area contributed by atoms with Gasteiger partial charge in [0.25, 0.3) is 5.91 Å². The number of nitrogens with zero attached hydrogens (tertiary/aromatic N) is 1. The average Bonchev–Trinajstić information content (AvgIpc) is 2.86. The summed E-state index contributed by atoms with van der Waals surface area (Å²) < 4.78 is 10.4. The van der Waals surface area contributed by atoms with Gasteiger partial charge in [-0.25, -0.2) is 4.79 Å². The van der Waals surface area contributed by atoms with Crippen molar-refractivity contribution in [2.24, 2.45) is 0 Å². The van der Waals surface area contributed by atoms with Crippen LogP contribution in [0.4, 0.5) is 0 Å². The number of morpholine rings is 1. The summed E-state index contributed by atoms with van der Waals surface area (Å²) in [6.07, 6.45) is 0.693. The molecule has 2 heterocycles. The molecule has 0 bridgehead atoms. The number of ether oxygens (including phenoxy) is 1. The molecule has 1 aliphatic heterocycles. The van der Waals surface area contributed by atoms with E-state index in [-0.39, 0.29) is 18.9 Å². The van der Waals surface area contributed by atoms with Gasteiger partial charge in [0.15, 0.2) is 11.8 Å². The Balaban J connectivity index is 2.17. The van der Waals surface area contributed by atoms with Crippen molar-refractivity contribution in [3.8, 4) is 0 Å². The van der Waals surface area contributed by atoms with E-state index in [1.807, 2.05) is 6.92 Å². The highest BCUT2D eigenvalue weighted by Gasteiger charge is 2.34. The normalized spacial score (nSPS) is 19.8. The number of aryl methyl sites for hydroxylation is 1. The van der Waals surface area contributed by atoms with Crippen molar-refractivity contribution in [3.05, 3.63) is 23.7 Å². The largest absolute Gasteiger partial charge is 0.480 e. The summed E-state index contributed by atoms with van der Waals surface area (Å²) in [5.41, 5.74) is 0. The SMILES string of the molecule is CCc1ccc(C(=O)N2CCOCC2C(=O)O)o1. The lowest BCUT2D eigenvalue weighted by molar-refractivity contribution is -0.147. The quantitative estimate of drug-likeness (QED) is 0.860. The molecule has 0 aromatic carbocycles. The molecule has 0 saturated carbocycles. The van der Waals surface area contributed by atoms with E-state index in [0.29, 0.717) is 18.8 Å².